The van der Waals surface area contributed by atoms with Gasteiger partial charge in [0.25, 0.3) is 0 Å². The molecule has 3 aliphatic heterocycles. The smallest absolute Gasteiger partial charge is 0.217 e. The third-order valence-corrected chi connectivity index (χ3v) is 8.08. The Bertz CT molecular complexity index is 578. The molecule has 0 aromatic heterocycles. The molecule has 3 saturated heterocycles. The standard InChI is InChI=1S/C18H29NO6S2/c1-11(21)19-15(18(10-20)26-7-6-8-27-18)14-13(24-17(4,5)25-14)12-9-22-16(2,3)23-12/h10,12-15H,6-9H2,1-5H3,(H,19,21)/t12-,13-,14+,15-/m1/s1. The van der Waals surface area contributed by atoms with Crippen LogP contribution in [-0.2, 0) is 28.5 Å². The average Bonchev–Trinajstić information content (AvgIpc) is 3.11. The summed E-state index contributed by atoms with van der Waals surface area (Å²) in [6.45, 7) is 9.20. The van der Waals surface area contributed by atoms with E-state index in [1.165, 1.54) is 6.92 Å². The maximum atomic E-state index is 12.2. The number of amides is 1. The van der Waals surface area contributed by atoms with E-state index in [0.29, 0.717) is 6.61 Å². The van der Waals surface area contributed by atoms with Gasteiger partial charge in [0.15, 0.2) is 11.6 Å². The van der Waals surface area contributed by atoms with Crippen molar-refractivity contribution in [2.24, 2.45) is 0 Å². The van der Waals surface area contributed by atoms with E-state index in [2.05, 4.69) is 5.32 Å². The lowest BCUT2D eigenvalue weighted by Crippen LogP contribution is -2.61. The van der Waals surface area contributed by atoms with Crippen LogP contribution in [0.25, 0.3) is 0 Å². The van der Waals surface area contributed by atoms with E-state index >= 15 is 0 Å². The number of rotatable bonds is 5. The van der Waals surface area contributed by atoms with Crippen LogP contribution in [0, 0.1) is 0 Å². The normalized spacial score (nSPS) is 35.5. The Hall–Kier alpha value is -0.320. The van der Waals surface area contributed by atoms with E-state index in [-0.39, 0.29) is 12.0 Å². The minimum atomic E-state index is -0.851. The first-order valence-corrected chi connectivity index (χ1v) is 11.2. The Morgan fingerprint density at radius 3 is 2.30 bits per heavy atom. The number of hydrogen-bond acceptors (Lipinski definition) is 8. The molecule has 0 radical (unpaired) electrons. The molecule has 3 fully saturated rings. The van der Waals surface area contributed by atoms with Crippen molar-refractivity contribution in [3.63, 3.8) is 0 Å². The van der Waals surface area contributed by atoms with Crippen LogP contribution in [-0.4, -0.2) is 70.3 Å². The number of ether oxygens (including phenoxy) is 4. The quantitative estimate of drug-likeness (QED) is 0.677. The Morgan fingerprint density at radius 2 is 1.78 bits per heavy atom. The second-order valence-electron chi connectivity index (χ2n) is 8.00. The summed E-state index contributed by atoms with van der Waals surface area (Å²) in [5.74, 6) is -0.0372. The minimum absolute atomic E-state index is 0.205. The lowest BCUT2D eigenvalue weighted by molar-refractivity contribution is -0.175. The predicted molar refractivity (Wildman–Crippen MR) is 105 cm³/mol. The summed E-state index contributed by atoms with van der Waals surface area (Å²) in [6.07, 6.45) is 0.644. The third-order valence-electron chi connectivity index (χ3n) is 4.79. The lowest BCUT2D eigenvalue weighted by atomic mass is 9.98. The summed E-state index contributed by atoms with van der Waals surface area (Å²) in [4.78, 5) is 24.2. The molecule has 154 valence electrons. The zero-order chi connectivity index (χ0) is 19.9. The van der Waals surface area contributed by atoms with Crippen molar-refractivity contribution in [1.29, 1.82) is 0 Å². The van der Waals surface area contributed by atoms with E-state index in [4.69, 9.17) is 18.9 Å². The molecule has 3 rings (SSSR count). The Labute approximate surface area is 168 Å². The Morgan fingerprint density at radius 1 is 1.11 bits per heavy atom. The fraction of sp³-hybridized carbons (Fsp3) is 0.889. The topological polar surface area (TPSA) is 83.1 Å². The second kappa shape index (κ2) is 7.84. The third kappa shape index (κ3) is 4.64. The molecule has 0 spiro atoms. The van der Waals surface area contributed by atoms with Crippen LogP contribution < -0.4 is 5.32 Å². The van der Waals surface area contributed by atoms with Gasteiger partial charge in [-0.1, -0.05) is 0 Å². The van der Waals surface area contributed by atoms with Crippen molar-refractivity contribution < 1.29 is 28.5 Å². The van der Waals surface area contributed by atoms with Gasteiger partial charge in [-0.15, -0.1) is 23.5 Å². The van der Waals surface area contributed by atoms with Gasteiger partial charge < -0.3 is 29.1 Å². The van der Waals surface area contributed by atoms with Crippen LogP contribution >= 0.6 is 23.5 Å². The summed E-state index contributed by atoms with van der Waals surface area (Å²) >= 11 is 3.13. The average molecular weight is 420 g/mol. The van der Waals surface area contributed by atoms with E-state index in [1.54, 1.807) is 23.5 Å². The zero-order valence-corrected chi connectivity index (χ0v) is 18.1. The van der Waals surface area contributed by atoms with E-state index in [0.717, 1.165) is 24.2 Å². The fourth-order valence-electron chi connectivity index (χ4n) is 3.76. The molecular weight excluding hydrogens is 390 g/mol. The van der Waals surface area contributed by atoms with Crippen LogP contribution in [0.15, 0.2) is 0 Å². The molecule has 0 bridgehead atoms. The highest BCUT2D eigenvalue weighted by atomic mass is 32.2. The number of hydrogen-bond donors (Lipinski definition) is 1. The highest BCUT2D eigenvalue weighted by Crippen LogP contribution is 2.48. The summed E-state index contributed by atoms with van der Waals surface area (Å²) in [5, 5.41) is 2.98. The number of nitrogens with one attached hydrogen (secondary N) is 1. The highest BCUT2D eigenvalue weighted by Gasteiger charge is 2.57. The van der Waals surface area contributed by atoms with Gasteiger partial charge >= 0.3 is 0 Å². The van der Waals surface area contributed by atoms with E-state index in [9.17, 15) is 9.59 Å². The van der Waals surface area contributed by atoms with Gasteiger partial charge in [-0.05, 0) is 45.6 Å². The number of carbonyl (C=O) groups excluding carboxylic acids is 2. The minimum Gasteiger partial charge on any atom is -0.348 e. The Kier molecular flexibility index (Phi) is 6.21. The summed E-state index contributed by atoms with van der Waals surface area (Å²) in [7, 11) is 0. The SMILES string of the molecule is CC(=O)N[C@H]([C@H]1OC(C)(C)O[C@@H]1[C@H]1COC(C)(C)O1)C1(C=O)SCCCS1. The van der Waals surface area contributed by atoms with Crippen molar-refractivity contribution >= 4 is 35.7 Å². The van der Waals surface area contributed by atoms with Crippen molar-refractivity contribution in [3.05, 3.63) is 0 Å². The molecule has 0 aliphatic carbocycles. The van der Waals surface area contributed by atoms with Gasteiger partial charge in [0.2, 0.25) is 5.91 Å². The molecule has 4 atom stereocenters. The molecule has 0 unspecified atom stereocenters. The molecule has 3 aliphatic rings. The fourth-order valence-corrected chi connectivity index (χ4v) is 6.87. The molecule has 9 heteroatoms. The number of thioether (sulfide) groups is 2. The van der Waals surface area contributed by atoms with Gasteiger partial charge in [-0.25, -0.2) is 0 Å². The molecular formula is C18H29NO6S2. The monoisotopic (exact) mass is 419 g/mol. The van der Waals surface area contributed by atoms with Crippen molar-refractivity contribution in [3.8, 4) is 0 Å². The van der Waals surface area contributed by atoms with Crippen LogP contribution in [0.5, 0.6) is 0 Å². The van der Waals surface area contributed by atoms with Crippen molar-refractivity contribution in [2.45, 2.75) is 81.0 Å². The summed E-state index contributed by atoms with van der Waals surface area (Å²) in [5.41, 5.74) is 0. The van der Waals surface area contributed by atoms with Gasteiger partial charge in [0, 0.05) is 6.92 Å². The molecule has 7 nitrogen and oxygen atoms in total. The molecule has 1 N–H and O–H groups in total. The lowest BCUT2D eigenvalue weighted by Gasteiger charge is -2.42. The van der Waals surface area contributed by atoms with Crippen molar-refractivity contribution in [1.82, 2.24) is 5.32 Å². The first-order valence-electron chi connectivity index (χ1n) is 9.26. The largest absolute Gasteiger partial charge is 0.348 e. The number of aldehydes is 1. The van der Waals surface area contributed by atoms with Gasteiger partial charge in [-0.2, -0.15) is 0 Å². The molecule has 27 heavy (non-hydrogen) atoms. The van der Waals surface area contributed by atoms with Crippen molar-refractivity contribution in [2.75, 3.05) is 18.1 Å². The first-order chi connectivity index (χ1) is 12.6. The molecule has 3 heterocycles. The predicted octanol–water partition coefficient (Wildman–Crippen LogP) is 1.93. The summed E-state index contributed by atoms with van der Waals surface area (Å²) in [6, 6.07) is -0.540. The molecule has 1 amide bonds. The van der Waals surface area contributed by atoms with E-state index < -0.39 is 33.9 Å². The highest BCUT2D eigenvalue weighted by molar-refractivity contribution is 8.19. The van der Waals surface area contributed by atoms with Gasteiger partial charge in [0.05, 0.1) is 12.6 Å². The first kappa shape index (κ1) is 21.4. The molecule has 0 aromatic rings. The summed E-state index contributed by atoms with van der Waals surface area (Å²) < 4.78 is 23.3. The van der Waals surface area contributed by atoms with Gasteiger partial charge in [-0.3, -0.25) is 4.79 Å². The maximum absolute atomic E-state index is 12.2. The van der Waals surface area contributed by atoms with Crippen LogP contribution in [0.4, 0.5) is 0 Å². The second-order valence-corrected chi connectivity index (χ2v) is 11.0. The van der Waals surface area contributed by atoms with Crippen LogP contribution in [0.2, 0.25) is 0 Å². The van der Waals surface area contributed by atoms with E-state index in [1.807, 2.05) is 27.7 Å². The maximum Gasteiger partial charge on any atom is 0.217 e. The van der Waals surface area contributed by atoms with Crippen LogP contribution in [0.3, 0.4) is 0 Å². The molecule has 0 saturated carbocycles. The number of carbonyl (C=O) groups is 2. The zero-order valence-electron chi connectivity index (χ0n) is 16.5. The Balaban J connectivity index is 1.92. The van der Waals surface area contributed by atoms with Crippen LogP contribution in [0.1, 0.15) is 41.0 Å². The molecule has 0 aromatic carbocycles. The van der Waals surface area contributed by atoms with Gasteiger partial charge in [0.1, 0.15) is 28.7 Å².